The zero-order valence-corrected chi connectivity index (χ0v) is 31.4. The maximum absolute atomic E-state index is 14.6. The normalized spacial score (nSPS) is 16.4. The largest absolute Gasteiger partial charge is 0.444 e. The van der Waals surface area contributed by atoms with Gasteiger partial charge in [-0.15, -0.1) is 0 Å². The molecule has 2 atom stereocenters. The van der Waals surface area contributed by atoms with Gasteiger partial charge in [0.15, 0.2) is 10.9 Å². The molecule has 0 spiro atoms. The number of aromatic nitrogens is 3. The lowest BCUT2D eigenvalue weighted by atomic mass is 9.90. The summed E-state index contributed by atoms with van der Waals surface area (Å²) in [5.74, 6) is -0.420. The SMILES string of the molecule is CC(=O)[C@@H](OC(C)(C)C)c1c(C)cc2nc(N3CCN(C(=O)OC(C)(C)C)C(c4ccc5c(cnn5C)c4)C3=O)sc2c1-c1ccc(Cl)cc1. The molecule has 2 aromatic heterocycles. The van der Waals surface area contributed by atoms with Gasteiger partial charge in [0.05, 0.1) is 27.5 Å². The molecule has 3 heterocycles. The highest BCUT2D eigenvalue weighted by atomic mass is 35.5. The highest BCUT2D eigenvalue weighted by molar-refractivity contribution is 7.23. The molecule has 0 aliphatic carbocycles. The Morgan fingerprint density at radius 1 is 1.00 bits per heavy atom. The number of thiazole rings is 1. The first-order valence-corrected chi connectivity index (χ1v) is 17.7. The van der Waals surface area contributed by atoms with Crippen LogP contribution in [0.4, 0.5) is 9.93 Å². The molecular weight excluding hydrogens is 674 g/mol. The minimum Gasteiger partial charge on any atom is -0.444 e. The number of aryl methyl sites for hydroxylation is 2. The number of ether oxygens (including phenoxy) is 2. The summed E-state index contributed by atoms with van der Waals surface area (Å²) in [4.78, 5) is 49.6. The van der Waals surface area contributed by atoms with Gasteiger partial charge in [-0.3, -0.25) is 24.1 Å². The van der Waals surface area contributed by atoms with Crippen LogP contribution in [-0.2, 0) is 26.1 Å². The van der Waals surface area contributed by atoms with E-state index in [-0.39, 0.29) is 24.8 Å². The van der Waals surface area contributed by atoms with Crippen LogP contribution in [0.15, 0.2) is 54.7 Å². The number of rotatable bonds is 6. The van der Waals surface area contributed by atoms with E-state index in [2.05, 4.69) is 5.10 Å². The number of hydrogen-bond acceptors (Lipinski definition) is 8. The van der Waals surface area contributed by atoms with Gasteiger partial charge < -0.3 is 9.47 Å². The Balaban J connectivity index is 1.50. The van der Waals surface area contributed by atoms with Gasteiger partial charge in [0.2, 0.25) is 0 Å². The fourth-order valence-corrected chi connectivity index (χ4v) is 7.65. The maximum atomic E-state index is 14.6. The molecule has 0 saturated carbocycles. The summed E-state index contributed by atoms with van der Waals surface area (Å²) in [5, 5.41) is 6.28. The third-order valence-electron chi connectivity index (χ3n) is 8.47. The maximum Gasteiger partial charge on any atom is 0.411 e. The van der Waals surface area contributed by atoms with Gasteiger partial charge in [-0.25, -0.2) is 9.78 Å². The van der Waals surface area contributed by atoms with Crippen molar-refractivity contribution in [3.63, 3.8) is 0 Å². The average molecular weight is 716 g/mol. The van der Waals surface area contributed by atoms with Crippen LogP contribution < -0.4 is 4.90 Å². The van der Waals surface area contributed by atoms with Gasteiger partial charge >= 0.3 is 6.09 Å². The number of ketones is 1. The van der Waals surface area contributed by atoms with Crippen molar-refractivity contribution in [2.75, 3.05) is 18.0 Å². The molecule has 10 nitrogen and oxygen atoms in total. The van der Waals surface area contributed by atoms with Crippen molar-refractivity contribution in [1.82, 2.24) is 19.7 Å². The lowest BCUT2D eigenvalue weighted by Gasteiger charge is -2.40. The van der Waals surface area contributed by atoms with E-state index in [1.54, 1.807) is 36.5 Å². The summed E-state index contributed by atoms with van der Waals surface area (Å²) >= 11 is 7.67. The van der Waals surface area contributed by atoms with Gasteiger partial charge in [-0.1, -0.05) is 41.1 Å². The minimum atomic E-state index is -0.953. The summed E-state index contributed by atoms with van der Waals surface area (Å²) in [5.41, 5.74) is 4.15. The predicted octanol–water partition coefficient (Wildman–Crippen LogP) is 8.58. The highest BCUT2D eigenvalue weighted by Gasteiger charge is 2.42. The molecule has 1 unspecified atom stereocenters. The number of halogens is 1. The number of hydrogen-bond donors (Lipinski definition) is 0. The van der Waals surface area contributed by atoms with Gasteiger partial charge in [0, 0.05) is 41.7 Å². The molecule has 1 aliphatic heterocycles. The first-order chi connectivity index (χ1) is 23.4. The number of carbonyl (C=O) groups excluding carboxylic acids is 3. The Labute approximate surface area is 300 Å². The fourth-order valence-electron chi connectivity index (χ4n) is 6.36. The van der Waals surface area contributed by atoms with Gasteiger partial charge in [0.1, 0.15) is 17.7 Å². The summed E-state index contributed by atoms with van der Waals surface area (Å²) < 4.78 is 14.7. The van der Waals surface area contributed by atoms with Crippen LogP contribution in [0.3, 0.4) is 0 Å². The summed E-state index contributed by atoms with van der Waals surface area (Å²) in [6.45, 7) is 15.1. The Morgan fingerprint density at radius 3 is 2.34 bits per heavy atom. The van der Waals surface area contributed by atoms with Crippen molar-refractivity contribution in [3.05, 3.63) is 76.4 Å². The summed E-state index contributed by atoms with van der Waals surface area (Å²) in [7, 11) is 1.86. The Bertz CT molecular complexity index is 2130. The standard InChI is InChI=1S/C38H42ClN5O5S/c1-21-18-27-33(30(23-10-13-26(39)14-11-23)29(21)32(22(2)45)48-37(3,4)5)50-35(41-27)44-17-16-43(36(47)49-38(6,7)8)31(34(44)46)24-12-15-28-25(19-24)20-40-42(28)9/h10-15,18-20,31-32H,16-17H2,1-9H3/t31?,32-/m1/s1. The first kappa shape index (κ1) is 35.5. The van der Waals surface area contributed by atoms with Crippen molar-refractivity contribution in [3.8, 4) is 11.1 Å². The molecule has 50 heavy (non-hydrogen) atoms. The molecule has 6 rings (SSSR count). The van der Waals surface area contributed by atoms with Crippen molar-refractivity contribution in [1.29, 1.82) is 0 Å². The second-order valence-corrected chi connectivity index (χ2v) is 16.1. The highest BCUT2D eigenvalue weighted by Crippen LogP contribution is 2.45. The molecule has 0 radical (unpaired) electrons. The summed E-state index contributed by atoms with van der Waals surface area (Å²) in [6.07, 6.45) is 0.345. The van der Waals surface area contributed by atoms with E-state index < -0.39 is 29.4 Å². The lowest BCUT2D eigenvalue weighted by molar-refractivity contribution is -0.138. The molecule has 1 fully saturated rings. The smallest absolute Gasteiger partial charge is 0.411 e. The Hall–Kier alpha value is -4.32. The molecule has 2 amide bonds. The van der Waals surface area contributed by atoms with E-state index in [1.807, 2.05) is 83.3 Å². The molecule has 0 bridgehead atoms. The number of nitrogens with zero attached hydrogens (tertiary/aromatic N) is 5. The third-order valence-corrected chi connectivity index (χ3v) is 9.84. The second kappa shape index (κ2) is 13.1. The van der Waals surface area contributed by atoms with Crippen LogP contribution >= 0.6 is 22.9 Å². The number of amides is 2. The molecule has 1 saturated heterocycles. The van der Waals surface area contributed by atoms with Gasteiger partial charge in [-0.2, -0.15) is 5.10 Å². The predicted molar refractivity (Wildman–Crippen MR) is 198 cm³/mol. The van der Waals surface area contributed by atoms with Crippen molar-refractivity contribution in [2.24, 2.45) is 7.05 Å². The number of fused-ring (bicyclic) bond motifs is 2. The van der Waals surface area contributed by atoms with E-state index in [0.29, 0.717) is 21.2 Å². The van der Waals surface area contributed by atoms with Crippen molar-refractivity contribution < 1.29 is 23.9 Å². The second-order valence-electron chi connectivity index (χ2n) is 14.7. The number of anilines is 1. The van der Waals surface area contributed by atoms with Crippen LogP contribution in [0.5, 0.6) is 0 Å². The van der Waals surface area contributed by atoms with E-state index in [0.717, 1.165) is 37.9 Å². The number of benzene rings is 3. The van der Waals surface area contributed by atoms with Crippen LogP contribution in [-0.4, -0.2) is 61.7 Å². The zero-order valence-electron chi connectivity index (χ0n) is 29.8. The zero-order chi connectivity index (χ0) is 36.3. The van der Waals surface area contributed by atoms with Gasteiger partial charge in [-0.05, 0) is 102 Å². The number of Topliss-reactive ketones (excluding diaryl/α,β-unsaturated/α-hetero) is 1. The Kier molecular flexibility index (Phi) is 9.30. The van der Waals surface area contributed by atoms with E-state index in [9.17, 15) is 14.4 Å². The minimum absolute atomic E-state index is 0.121. The first-order valence-electron chi connectivity index (χ1n) is 16.5. The van der Waals surface area contributed by atoms with Crippen LogP contribution in [0.1, 0.15) is 77.3 Å². The molecule has 5 aromatic rings. The van der Waals surface area contributed by atoms with Crippen LogP contribution in [0, 0.1) is 6.92 Å². The van der Waals surface area contributed by atoms with E-state index in [1.165, 1.54) is 23.2 Å². The fraction of sp³-hybridized carbons (Fsp3) is 0.395. The number of piperazine rings is 1. The van der Waals surface area contributed by atoms with Crippen LogP contribution in [0.25, 0.3) is 32.2 Å². The third kappa shape index (κ3) is 6.99. The molecule has 3 aromatic carbocycles. The quantitative estimate of drug-likeness (QED) is 0.173. The molecule has 1 aliphatic rings. The van der Waals surface area contributed by atoms with Gasteiger partial charge in [0.25, 0.3) is 5.91 Å². The monoisotopic (exact) mass is 715 g/mol. The molecular formula is C38H42ClN5O5S. The van der Waals surface area contributed by atoms with E-state index in [4.69, 9.17) is 26.1 Å². The average Bonchev–Trinajstić information content (AvgIpc) is 3.61. The topological polar surface area (TPSA) is 107 Å². The Morgan fingerprint density at radius 2 is 1.70 bits per heavy atom. The van der Waals surface area contributed by atoms with Crippen LogP contribution in [0.2, 0.25) is 5.02 Å². The number of carbonyl (C=O) groups is 3. The van der Waals surface area contributed by atoms with E-state index >= 15 is 0 Å². The lowest BCUT2D eigenvalue weighted by Crippen LogP contribution is -2.55. The molecule has 262 valence electrons. The van der Waals surface area contributed by atoms with Crippen molar-refractivity contribution in [2.45, 2.75) is 78.7 Å². The molecule has 12 heteroatoms. The van der Waals surface area contributed by atoms with Crippen molar-refractivity contribution >= 4 is 67.0 Å². The summed E-state index contributed by atoms with van der Waals surface area (Å²) in [6, 6.07) is 14.1. The molecule has 0 N–H and O–H groups in total.